The Balaban J connectivity index is 1.39. The average Bonchev–Trinajstić information content (AvgIpc) is 3.54. The third kappa shape index (κ3) is 5.50. The number of aromatic nitrogens is 3. The molecule has 4 aromatic rings. The summed E-state index contributed by atoms with van der Waals surface area (Å²) in [6.45, 7) is 7.93. The van der Waals surface area contributed by atoms with Gasteiger partial charge in [-0.15, -0.1) is 0 Å². The fourth-order valence-electron chi connectivity index (χ4n) is 8.19. The SMILES string of the molecule is CCc1c(F)ccc2cc(O)cc(-c3ncc4c(N5CC(C(N)=O)CC(C)(C)C5)nc(OC[C@@]56CCCN5C[C@H](F)C6)nc4c3F)c12. The minimum Gasteiger partial charge on any atom is -0.508 e. The number of piperidine rings is 1. The molecule has 5 heterocycles. The van der Waals surface area contributed by atoms with Crippen LogP contribution in [0.5, 0.6) is 11.8 Å². The van der Waals surface area contributed by atoms with E-state index in [1.165, 1.54) is 24.4 Å². The topological polar surface area (TPSA) is 118 Å². The van der Waals surface area contributed by atoms with E-state index in [9.17, 15) is 18.7 Å². The lowest BCUT2D eigenvalue weighted by molar-refractivity contribution is -0.123. The maximum Gasteiger partial charge on any atom is 0.319 e. The largest absolute Gasteiger partial charge is 0.508 e. The number of fused-ring (bicyclic) bond motifs is 3. The second-order valence-corrected chi connectivity index (χ2v) is 14.2. The van der Waals surface area contributed by atoms with Gasteiger partial charge in [0.05, 0.1) is 16.8 Å². The third-order valence-corrected chi connectivity index (χ3v) is 10.2. The Morgan fingerprint density at radius 3 is 2.74 bits per heavy atom. The molecule has 2 aromatic heterocycles. The highest BCUT2D eigenvalue weighted by molar-refractivity contribution is 6.01. The lowest BCUT2D eigenvalue weighted by Crippen LogP contribution is -2.49. The summed E-state index contributed by atoms with van der Waals surface area (Å²) in [7, 11) is 0. The molecule has 3 aliphatic heterocycles. The van der Waals surface area contributed by atoms with Crippen LogP contribution in [0.2, 0.25) is 0 Å². The highest BCUT2D eigenvalue weighted by Gasteiger charge is 2.49. The minimum absolute atomic E-state index is 0.0736. The van der Waals surface area contributed by atoms with Crippen LogP contribution in [0, 0.1) is 23.0 Å². The van der Waals surface area contributed by atoms with Crippen LogP contribution in [-0.4, -0.2) is 75.4 Å². The summed E-state index contributed by atoms with van der Waals surface area (Å²) in [5.41, 5.74) is 5.40. The number of nitrogens with two attached hydrogens (primary N) is 1. The maximum atomic E-state index is 16.9. The molecule has 7 rings (SSSR count). The van der Waals surface area contributed by atoms with Crippen molar-refractivity contribution >= 4 is 33.4 Å². The van der Waals surface area contributed by atoms with Crippen LogP contribution in [0.1, 0.15) is 52.0 Å². The van der Waals surface area contributed by atoms with Gasteiger partial charge in [0.2, 0.25) is 5.91 Å². The molecule has 1 unspecified atom stereocenters. The van der Waals surface area contributed by atoms with Crippen LogP contribution in [0.15, 0.2) is 30.5 Å². The summed E-state index contributed by atoms with van der Waals surface area (Å²) in [5.74, 6) is -1.89. The molecule has 248 valence electrons. The number of ether oxygens (including phenoxy) is 1. The van der Waals surface area contributed by atoms with E-state index in [-0.39, 0.29) is 47.1 Å². The number of hydrogen-bond acceptors (Lipinski definition) is 8. The maximum absolute atomic E-state index is 16.9. The van der Waals surface area contributed by atoms with Crippen LogP contribution >= 0.6 is 0 Å². The Labute approximate surface area is 270 Å². The van der Waals surface area contributed by atoms with E-state index in [4.69, 9.17) is 15.5 Å². The molecule has 3 N–H and O–H groups in total. The monoisotopic (exact) mass is 648 g/mol. The summed E-state index contributed by atoms with van der Waals surface area (Å²) < 4.78 is 52.6. The first-order valence-electron chi connectivity index (χ1n) is 16.2. The second-order valence-electron chi connectivity index (χ2n) is 14.2. The van der Waals surface area contributed by atoms with Crippen LogP contribution < -0.4 is 15.4 Å². The summed E-state index contributed by atoms with van der Waals surface area (Å²) >= 11 is 0. The van der Waals surface area contributed by atoms with Crippen molar-refractivity contribution in [1.29, 1.82) is 0 Å². The number of hydrogen-bond donors (Lipinski definition) is 2. The molecule has 12 heteroatoms. The van der Waals surface area contributed by atoms with E-state index >= 15 is 4.39 Å². The fourth-order valence-corrected chi connectivity index (χ4v) is 8.19. The van der Waals surface area contributed by atoms with Crippen molar-refractivity contribution in [2.75, 3.05) is 37.7 Å². The normalized spacial score (nSPS) is 24.3. The van der Waals surface area contributed by atoms with E-state index in [0.29, 0.717) is 59.9 Å². The molecule has 47 heavy (non-hydrogen) atoms. The van der Waals surface area contributed by atoms with Crippen LogP contribution in [0.4, 0.5) is 19.0 Å². The molecule has 3 aliphatic rings. The lowest BCUT2D eigenvalue weighted by atomic mass is 9.78. The molecule has 0 bridgehead atoms. The van der Waals surface area contributed by atoms with Crippen molar-refractivity contribution < 1.29 is 27.8 Å². The molecule has 2 aromatic carbocycles. The first-order valence-corrected chi connectivity index (χ1v) is 16.2. The Morgan fingerprint density at radius 1 is 1.17 bits per heavy atom. The van der Waals surface area contributed by atoms with Gasteiger partial charge in [0.1, 0.15) is 41.4 Å². The number of alkyl halides is 1. The second kappa shape index (κ2) is 11.5. The number of aryl methyl sites for hydroxylation is 1. The van der Waals surface area contributed by atoms with Crippen LogP contribution in [0.3, 0.4) is 0 Å². The number of pyridine rings is 1. The quantitative estimate of drug-likeness (QED) is 0.263. The summed E-state index contributed by atoms with van der Waals surface area (Å²) in [4.78, 5) is 30.2. The molecule has 3 saturated heterocycles. The molecule has 3 atom stereocenters. The van der Waals surface area contributed by atoms with E-state index in [1.54, 1.807) is 6.07 Å². The van der Waals surface area contributed by atoms with Gasteiger partial charge in [-0.3, -0.25) is 14.7 Å². The number of benzene rings is 2. The van der Waals surface area contributed by atoms with Crippen molar-refractivity contribution in [2.45, 2.75) is 64.6 Å². The number of aromatic hydroxyl groups is 1. The predicted octanol–water partition coefficient (Wildman–Crippen LogP) is 5.68. The molecule has 3 fully saturated rings. The van der Waals surface area contributed by atoms with E-state index < -0.39 is 35.2 Å². The number of carbonyl (C=O) groups is 1. The van der Waals surface area contributed by atoms with E-state index in [0.717, 1.165) is 19.4 Å². The Hall–Kier alpha value is -4.19. The number of nitrogens with zero attached hydrogens (tertiary/aromatic N) is 5. The number of amides is 1. The van der Waals surface area contributed by atoms with Gasteiger partial charge < -0.3 is 20.5 Å². The highest BCUT2D eigenvalue weighted by atomic mass is 19.1. The molecule has 0 aliphatic carbocycles. The molecule has 0 radical (unpaired) electrons. The predicted molar refractivity (Wildman–Crippen MR) is 173 cm³/mol. The number of anilines is 1. The smallest absolute Gasteiger partial charge is 0.319 e. The molecular weight excluding hydrogens is 609 g/mol. The Morgan fingerprint density at radius 2 is 1.98 bits per heavy atom. The summed E-state index contributed by atoms with van der Waals surface area (Å²) in [6, 6.07) is 5.68. The number of halogens is 3. The lowest BCUT2D eigenvalue weighted by Gasteiger charge is -2.42. The molecule has 1 amide bonds. The first kappa shape index (κ1) is 31.4. The molecular formula is C35H39F3N6O3. The van der Waals surface area contributed by atoms with Gasteiger partial charge in [-0.05, 0) is 72.2 Å². The number of rotatable bonds is 7. The molecule has 0 spiro atoms. The van der Waals surface area contributed by atoms with Gasteiger partial charge in [-0.2, -0.15) is 9.97 Å². The van der Waals surface area contributed by atoms with Crippen LogP contribution in [0.25, 0.3) is 32.9 Å². The van der Waals surface area contributed by atoms with Crippen molar-refractivity contribution in [3.63, 3.8) is 0 Å². The fraction of sp³-hybridized carbons (Fsp3) is 0.486. The highest BCUT2D eigenvalue weighted by Crippen LogP contribution is 2.43. The Bertz CT molecular complexity index is 1900. The van der Waals surface area contributed by atoms with Crippen molar-refractivity contribution in [2.24, 2.45) is 17.1 Å². The minimum atomic E-state index is -0.950. The molecule has 9 nitrogen and oxygen atoms in total. The van der Waals surface area contributed by atoms with Gasteiger partial charge in [-0.25, -0.2) is 13.2 Å². The van der Waals surface area contributed by atoms with Gasteiger partial charge in [0, 0.05) is 37.8 Å². The number of phenols is 1. The van der Waals surface area contributed by atoms with Gasteiger partial charge >= 0.3 is 6.01 Å². The van der Waals surface area contributed by atoms with Gasteiger partial charge in [0.25, 0.3) is 0 Å². The van der Waals surface area contributed by atoms with E-state index in [2.05, 4.69) is 14.9 Å². The molecule has 0 saturated carbocycles. The first-order chi connectivity index (χ1) is 22.4. The standard InChI is InChI=1S/C35H39F3N6O3/c1-4-23-26(37)7-6-19-10-22(45)11-24(27(19)23)29-28(38)30-25(14-40-29)32(43-15-20(31(39)46)12-34(2,3)17-43)42-33(41-30)47-18-35-8-5-9-44(35)16-21(36)13-35/h6-7,10-11,14,20-21,45H,4-5,8-9,12-13,15-18H2,1-3H3,(H2,39,46)/t20?,21-,35+/m1/s1. The van der Waals surface area contributed by atoms with Crippen molar-refractivity contribution in [3.05, 3.63) is 47.7 Å². The van der Waals surface area contributed by atoms with Crippen LogP contribution in [-0.2, 0) is 11.2 Å². The van der Waals surface area contributed by atoms with Gasteiger partial charge in [0.15, 0.2) is 5.82 Å². The Kier molecular flexibility index (Phi) is 7.69. The average molecular weight is 649 g/mol. The zero-order chi connectivity index (χ0) is 33.2. The number of primary amides is 1. The van der Waals surface area contributed by atoms with E-state index in [1.807, 2.05) is 25.7 Å². The third-order valence-electron chi connectivity index (χ3n) is 10.2. The zero-order valence-corrected chi connectivity index (χ0v) is 26.8. The summed E-state index contributed by atoms with van der Waals surface area (Å²) in [5, 5.41) is 11.9. The van der Waals surface area contributed by atoms with Gasteiger partial charge in [-0.1, -0.05) is 26.8 Å². The number of phenolic OH excluding ortho intramolecular Hbond substituents is 1. The van der Waals surface area contributed by atoms with Crippen molar-refractivity contribution in [1.82, 2.24) is 19.9 Å². The zero-order valence-electron chi connectivity index (χ0n) is 26.8. The number of carbonyl (C=O) groups excluding carboxylic acids is 1. The summed E-state index contributed by atoms with van der Waals surface area (Å²) in [6.07, 6.45) is 3.50. The van der Waals surface area contributed by atoms with Crippen molar-refractivity contribution in [3.8, 4) is 23.0 Å².